The molecule has 4 aromatic rings. The molecule has 2 aromatic carbocycles. The van der Waals surface area contributed by atoms with Crippen LogP contribution < -0.4 is 10.3 Å². The zero-order valence-corrected chi connectivity index (χ0v) is 16.0. The monoisotopic (exact) mass is 413 g/mol. The Balaban J connectivity index is 1.75. The van der Waals surface area contributed by atoms with Gasteiger partial charge in [-0.05, 0) is 42.0 Å². The molecule has 0 aliphatic carbocycles. The van der Waals surface area contributed by atoms with Gasteiger partial charge in [0.1, 0.15) is 5.82 Å². The molecule has 29 heavy (non-hydrogen) atoms. The normalized spacial score (nSPS) is 12.9. The van der Waals surface area contributed by atoms with E-state index in [9.17, 15) is 17.6 Å². The maximum absolute atomic E-state index is 13.3. The number of H-pyrrole nitrogens is 1. The molecule has 148 valence electrons. The Morgan fingerprint density at radius 2 is 1.90 bits per heavy atom. The third-order valence-electron chi connectivity index (χ3n) is 4.36. The van der Waals surface area contributed by atoms with E-state index in [1.54, 1.807) is 24.0 Å². The Morgan fingerprint density at radius 3 is 2.59 bits per heavy atom. The molecule has 0 saturated heterocycles. The number of hydrogen-bond donors (Lipinski definition) is 2. The smallest absolute Gasteiger partial charge is 0.266 e. The summed E-state index contributed by atoms with van der Waals surface area (Å²) in [5.41, 5.74) is 1.39. The van der Waals surface area contributed by atoms with Crippen molar-refractivity contribution in [1.82, 2.24) is 24.5 Å². The summed E-state index contributed by atoms with van der Waals surface area (Å²) in [6.45, 7) is 0. The number of hydrogen-bond acceptors (Lipinski definition) is 5. The van der Waals surface area contributed by atoms with Gasteiger partial charge in [-0.15, -0.1) is 0 Å². The van der Waals surface area contributed by atoms with Crippen molar-refractivity contribution in [3.63, 3.8) is 0 Å². The van der Waals surface area contributed by atoms with Gasteiger partial charge in [-0.2, -0.15) is 9.82 Å². The Bertz CT molecular complexity index is 1350. The molecule has 8 nitrogen and oxygen atoms in total. The summed E-state index contributed by atoms with van der Waals surface area (Å²) in [5.74, 6) is -0.425. The van der Waals surface area contributed by atoms with Crippen LogP contribution in [0, 0.1) is 5.82 Å². The highest BCUT2D eigenvalue weighted by Crippen LogP contribution is 2.24. The minimum Gasteiger partial charge on any atom is -0.319 e. The van der Waals surface area contributed by atoms with E-state index in [4.69, 9.17) is 0 Å². The lowest BCUT2D eigenvalue weighted by atomic mass is 10.1. The van der Waals surface area contributed by atoms with Crippen molar-refractivity contribution in [2.75, 3.05) is 0 Å². The highest BCUT2D eigenvalue weighted by Gasteiger charge is 2.25. The SMILES string of the molecule is Cn1ccc(C(NS(=O)(=O)c2ccc3[nH]c(=O)cnc3c2)c2ccc(F)cc2)n1. The maximum Gasteiger partial charge on any atom is 0.266 e. The van der Waals surface area contributed by atoms with Crippen molar-refractivity contribution >= 4 is 21.1 Å². The number of aromatic nitrogens is 4. The molecular formula is C19H16FN5O3S. The fourth-order valence-electron chi connectivity index (χ4n) is 2.95. The van der Waals surface area contributed by atoms with Gasteiger partial charge in [0.2, 0.25) is 10.0 Å². The van der Waals surface area contributed by atoms with Crippen LogP contribution in [-0.4, -0.2) is 28.2 Å². The van der Waals surface area contributed by atoms with Crippen LogP contribution >= 0.6 is 0 Å². The summed E-state index contributed by atoms with van der Waals surface area (Å²) in [7, 11) is -2.27. The lowest BCUT2D eigenvalue weighted by Gasteiger charge is -2.18. The number of halogens is 1. The second kappa shape index (κ2) is 7.22. The number of benzene rings is 2. The Kier molecular flexibility index (Phi) is 4.73. The molecule has 0 fully saturated rings. The van der Waals surface area contributed by atoms with Gasteiger partial charge in [-0.25, -0.2) is 17.8 Å². The molecule has 2 heterocycles. The Hall–Kier alpha value is -3.37. The minimum atomic E-state index is -3.98. The van der Waals surface area contributed by atoms with E-state index in [1.165, 1.54) is 42.5 Å². The van der Waals surface area contributed by atoms with Crippen LogP contribution in [0.3, 0.4) is 0 Å². The van der Waals surface area contributed by atoms with Gasteiger partial charge in [0.15, 0.2) is 0 Å². The molecule has 0 aliphatic heterocycles. The fourth-order valence-corrected chi connectivity index (χ4v) is 4.17. The van der Waals surface area contributed by atoms with Gasteiger partial charge in [-0.1, -0.05) is 12.1 Å². The first-order valence-corrected chi connectivity index (χ1v) is 10.1. The van der Waals surface area contributed by atoms with Gasteiger partial charge < -0.3 is 4.98 Å². The third kappa shape index (κ3) is 3.93. The lowest BCUT2D eigenvalue weighted by Crippen LogP contribution is -2.30. The molecular weight excluding hydrogens is 397 g/mol. The molecule has 10 heteroatoms. The predicted octanol–water partition coefficient (Wildman–Crippen LogP) is 1.86. The summed E-state index contributed by atoms with van der Waals surface area (Å²) in [5, 5.41) is 4.29. The van der Waals surface area contributed by atoms with E-state index in [1.807, 2.05) is 0 Å². The molecule has 0 radical (unpaired) electrons. The standard InChI is InChI=1S/C19H16FN5O3S/c1-25-9-8-16(23-25)19(12-2-4-13(20)5-3-12)24-29(27,28)14-6-7-15-17(10-14)21-11-18(26)22-15/h2-11,19,24H,1H3,(H,22,26). The average Bonchev–Trinajstić information content (AvgIpc) is 3.12. The van der Waals surface area contributed by atoms with E-state index in [0.717, 1.165) is 6.20 Å². The molecule has 2 N–H and O–H groups in total. The van der Waals surface area contributed by atoms with Crippen LogP contribution in [-0.2, 0) is 17.1 Å². The summed E-state index contributed by atoms with van der Waals surface area (Å²) in [6, 6.07) is 10.6. The van der Waals surface area contributed by atoms with Gasteiger partial charge in [0.05, 0.1) is 33.9 Å². The van der Waals surface area contributed by atoms with Crippen molar-refractivity contribution in [3.8, 4) is 0 Å². The Labute approximate surface area is 165 Å². The molecule has 0 amide bonds. The number of aryl methyl sites for hydroxylation is 1. The van der Waals surface area contributed by atoms with E-state index < -0.39 is 21.9 Å². The van der Waals surface area contributed by atoms with Crippen LogP contribution in [0.4, 0.5) is 4.39 Å². The van der Waals surface area contributed by atoms with Crippen molar-refractivity contribution in [2.24, 2.45) is 7.05 Å². The summed E-state index contributed by atoms with van der Waals surface area (Å²) >= 11 is 0. The van der Waals surface area contributed by atoms with E-state index in [-0.39, 0.29) is 10.5 Å². The van der Waals surface area contributed by atoms with E-state index in [2.05, 4.69) is 19.8 Å². The fraction of sp³-hybridized carbons (Fsp3) is 0.105. The van der Waals surface area contributed by atoms with Gasteiger partial charge >= 0.3 is 0 Å². The van der Waals surface area contributed by atoms with Crippen molar-refractivity contribution in [2.45, 2.75) is 10.9 Å². The van der Waals surface area contributed by atoms with E-state index in [0.29, 0.717) is 22.3 Å². The zero-order valence-electron chi connectivity index (χ0n) is 15.2. The van der Waals surface area contributed by atoms with Crippen LogP contribution in [0.15, 0.2) is 70.6 Å². The van der Waals surface area contributed by atoms with Crippen LogP contribution in [0.5, 0.6) is 0 Å². The number of aromatic amines is 1. The molecule has 0 spiro atoms. The van der Waals surface area contributed by atoms with Crippen LogP contribution in [0.25, 0.3) is 11.0 Å². The van der Waals surface area contributed by atoms with Gasteiger partial charge in [0.25, 0.3) is 5.56 Å². The molecule has 2 aromatic heterocycles. The number of sulfonamides is 1. The second-order valence-electron chi connectivity index (χ2n) is 6.45. The lowest BCUT2D eigenvalue weighted by molar-refractivity contribution is 0.567. The highest BCUT2D eigenvalue weighted by molar-refractivity contribution is 7.89. The Morgan fingerprint density at radius 1 is 1.14 bits per heavy atom. The summed E-state index contributed by atoms with van der Waals surface area (Å²) < 4.78 is 43.6. The molecule has 1 unspecified atom stereocenters. The predicted molar refractivity (Wildman–Crippen MR) is 104 cm³/mol. The first-order valence-electron chi connectivity index (χ1n) is 8.58. The van der Waals surface area contributed by atoms with E-state index >= 15 is 0 Å². The average molecular weight is 413 g/mol. The number of nitrogens with one attached hydrogen (secondary N) is 2. The maximum atomic E-state index is 13.3. The van der Waals surface area contributed by atoms with Crippen molar-refractivity contribution < 1.29 is 12.8 Å². The van der Waals surface area contributed by atoms with Crippen molar-refractivity contribution in [1.29, 1.82) is 0 Å². The largest absolute Gasteiger partial charge is 0.319 e. The molecule has 1 atom stereocenters. The molecule has 0 bridgehead atoms. The third-order valence-corrected chi connectivity index (χ3v) is 5.79. The van der Waals surface area contributed by atoms with Gasteiger partial charge in [-0.3, -0.25) is 9.48 Å². The number of rotatable bonds is 5. The first-order chi connectivity index (χ1) is 13.8. The van der Waals surface area contributed by atoms with Crippen LogP contribution in [0.2, 0.25) is 0 Å². The second-order valence-corrected chi connectivity index (χ2v) is 8.16. The number of nitrogens with zero attached hydrogens (tertiary/aromatic N) is 3. The van der Waals surface area contributed by atoms with Gasteiger partial charge in [0, 0.05) is 13.2 Å². The topological polar surface area (TPSA) is 110 Å². The number of fused-ring (bicyclic) bond motifs is 1. The quantitative estimate of drug-likeness (QED) is 0.519. The van der Waals surface area contributed by atoms with Crippen LogP contribution in [0.1, 0.15) is 17.3 Å². The van der Waals surface area contributed by atoms with Crippen molar-refractivity contribution in [3.05, 3.63) is 88.4 Å². The zero-order chi connectivity index (χ0) is 20.6. The minimum absolute atomic E-state index is 0.0207. The summed E-state index contributed by atoms with van der Waals surface area (Å²) in [6.07, 6.45) is 2.78. The molecule has 0 aliphatic rings. The first kappa shape index (κ1) is 19.0. The molecule has 4 rings (SSSR count). The molecule has 0 saturated carbocycles. The summed E-state index contributed by atoms with van der Waals surface area (Å²) in [4.78, 5) is 17.9. The highest BCUT2D eigenvalue weighted by atomic mass is 32.2.